The molecule has 1 aliphatic heterocycles. The molecule has 256 valence electrons. The van der Waals surface area contributed by atoms with Gasteiger partial charge in [-0.05, 0) is 59.3 Å². The summed E-state index contributed by atoms with van der Waals surface area (Å²) in [6.07, 6.45) is -2.78. The van der Waals surface area contributed by atoms with Gasteiger partial charge in [0, 0.05) is 33.7 Å². The Morgan fingerprint density at radius 2 is 1.73 bits per heavy atom. The summed E-state index contributed by atoms with van der Waals surface area (Å²) in [5, 5.41) is 19.3. The van der Waals surface area contributed by atoms with Crippen LogP contribution in [0.4, 0.5) is 27.6 Å². The van der Waals surface area contributed by atoms with E-state index in [0.29, 0.717) is 11.3 Å². The number of hydrogen-bond acceptors (Lipinski definition) is 8. The van der Waals surface area contributed by atoms with Crippen molar-refractivity contribution in [3.8, 4) is 5.75 Å². The van der Waals surface area contributed by atoms with Crippen molar-refractivity contribution < 1.29 is 46.1 Å². The van der Waals surface area contributed by atoms with Gasteiger partial charge in [0.2, 0.25) is 0 Å². The van der Waals surface area contributed by atoms with E-state index < -0.39 is 46.8 Å². The van der Waals surface area contributed by atoms with Gasteiger partial charge in [-0.2, -0.15) is 5.10 Å². The van der Waals surface area contributed by atoms with Crippen molar-refractivity contribution in [3.05, 3.63) is 120 Å². The van der Waals surface area contributed by atoms with Crippen molar-refractivity contribution in [1.29, 1.82) is 0 Å². The van der Waals surface area contributed by atoms with Crippen molar-refractivity contribution in [2.45, 2.75) is 42.2 Å². The summed E-state index contributed by atoms with van der Waals surface area (Å²) in [7, 11) is 0. The van der Waals surface area contributed by atoms with Crippen LogP contribution in [-0.2, 0) is 21.6 Å². The minimum atomic E-state index is -4.81. The van der Waals surface area contributed by atoms with E-state index in [2.05, 4.69) is 20.1 Å². The number of carbonyl (C=O) groups excluding carboxylic acids is 1. The topological polar surface area (TPSA) is 108 Å². The zero-order chi connectivity index (χ0) is 34.8. The number of nitrogens with zero attached hydrogens (tertiary/aromatic N) is 3. The third kappa shape index (κ3) is 8.19. The molecule has 0 aliphatic carbocycles. The molecule has 0 radical (unpaired) electrons. The van der Waals surface area contributed by atoms with Gasteiger partial charge in [0.15, 0.2) is 6.29 Å². The lowest BCUT2D eigenvalue weighted by molar-refractivity contribution is -0.274. The van der Waals surface area contributed by atoms with Gasteiger partial charge < -0.3 is 24.6 Å². The first-order valence-electron chi connectivity index (χ1n) is 15.0. The highest BCUT2D eigenvalue weighted by Gasteiger charge is 2.41. The van der Waals surface area contributed by atoms with Crippen molar-refractivity contribution in [2.24, 2.45) is 0 Å². The first kappa shape index (κ1) is 34.3. The number of ether oxygens (including phenoxy) is 3. The molecule has 9 nitrogen and oxygen atoms in total. The van der Waals surface area contributed by atoms with Gasteiger partial charge in [0.25, 0.3) is 5.91 Å². The molecule has 2 atom stereocenters. The second-order valence-electron chi connectivity index (χ2n) is 11.4. The summed E-state index contributed by atoms with van der Waals surface area (Å²) < 4.78 is 83.1. The second-order valence-corrected chi connectivity index (χ2v) is 13.0. The van der Waals surface area contributed by atoms with Crippen molar-refractivity contribution >= 4 is 34.1 Å². The van der Waals surface area contributed by atoms with Gasteiger partial charge in [0.05, 0.1) is 25.0 Å². The molecule has 15 heteroatoms. The zero-order valence-corrected chi connectivity index (χ0v) is 26.6. The minimum Gasteiger partial charge on any atom is -0.406 e. The van der Waals surface area contributed by atoms with E-state index >= 15 is 0 Å². The highest BCUT2D eigenvalue weighted by atomic mass is 32.2. The van der Waals surface area contributed by atoms with Gasteiger partial charge in [0.1, 0.15) is 35.6 Å². The SMILES string of the molecule is CC(SC1COC(c2ccc3cc(C(=O)Nc4ccc(OC(F)(F)F)cc4)ccc3c2)OC1)C(O)(Cn1cncn1)c1ccc(F)cc1F. The number of fused-ring (bicyclic) bond motifs is 1. The summed E-state index contributed by atoms with van der Waals surface area (Å²) in [4.78, 5) is 16.7. The number of anilines is 1. The largest absolute Gasteiger partial charge is 0.573 e. The van der Waals surface area contributed by atoms with Crippen LogP contribution < -0.4 is 10.1 Å². The molecule has 4 aromatic carbocycles. The molecule has 0 saturated carbocycles. The van der Waals surface area contributed by atoms with Crippen LogP contribution in [0.15, 0.2) is 91.5 Å². The zero-order valence-electron chi connectivity index (χ0n) is 25.7. The lowest BCUT2D eigenvalue weighted by atomic mass is 9.90. The molecular weight excluding hydrogens is 671 g/mol. The summed E-state index contributed by atoms with van der Waals surface area (Å²) in [6.45, 7) is 2.17. The average molecular weight is 701 g/mol. The van der Waals surface area contributed by atoms with E-state index in [1.54, 1.807) is 25.1 Å². The summed E-state index contributed by atoms with van der Waals surface area (Å²) in [5.74, 6) is -2.46. The number of aromatic nitrogens is 3. The molecule has 2 N–H and O–H groups in total. The number of hydrogen-bond donors (Lipinski definition) is 2. The highest BCUT2D eigenvalue weighted by molar-refractivity contribution is 8.00. The summed E-state index contributed by atoms with van der Waals surface area (Å²) >= 11 is 1.35. The van der Waals surface area contributed by atoms with Gasteiger partial charge in [-0.1, -0.05) is 31.2 Å². The Morgan fingerprint density at radius 3 is 2.41 bits per heavy atom. The van der Waals surface area contributed by atoms with Gasteiger partial charge >= 0.3 is 6.36 Å². The summed E-state index contributed by atoms with van der Waals surface area (Å²) in [5.41, 5.74) is -0.435. The monoisotopic (exact) mass is 700 g/mol. The summed E-state index contributed by atoms with van der Waals surface area (Å²) in [6, 6.07) is 18.5. The van der Waals surface area contributed by atoms with Crippen LogP contribution in [0.3, 0.4) is 0 Å². The third-order valence-corrected chi connectivity index (χ3v) is 9.40. The second kappa shape index (κ2) is 14.1. The Kier molecular flexibility index (Phi) is 9.88. The molecule has 0 bridgehead atoms. The molecule has 6 rings (SSSR count). The van der Waals surface area contributed by atoms with E-state index in [9.17, 15) is 31.9 Å². The lowest BCUT2D eigenvalue weighted by Gasteiger charge is -2.37. The third-order valence-electron chi connectivity index (χ3n) is 7.95. The molecule has 0 spiro atoms. The Balaban J connectivity index is 1.08. The molecule has 2 heterocycles. The first-order valence-corrected chi connectivity index (χ1v) is 15.9. The number of aliphatic hydroxyl groups is 1. The molecule has 1 aromatic heterocycles. The molecule has 1 fully saturated rings. The fraction of sp³-hybridized carbons (Fsp3) is 0.265. The van der Waals surface area contributed by atoms with E-state index in [4.69, 9.17) is 9.47 Å². The Hall–Kier alpha value is -4.57. The van der Waals surface area contributed by atoms with Crippen LogP contribution in [0.2, 0.25) is 0 Å². The number of alkyl halides is 3. The maximum Gasteiger partial charge on any atom is 0.573 e. The van der Waals surface area contributed by atoms with Crippen molar-refractivity contribution in [1.82, 2.24) is 14.8 Å². The number of thioether (sulfide) groups is 1. The van der Waals surface area contributed by atoms with E-state index in [1.165, 1.54) is 47.3 Å². The van der Waals surface area contributed by atoms with Crippen LogP contribution in [-0.4, -0.2) is 55.9 Å². The van der Waals surface area contributed by atoms with E-state index in [1.807, 2.05) is 18.2 Å². The average Bonchev–Trinajstić information content (AvgIpc) is 3.57. The molecule has 1 aliphatic rings. The van der Waals surface area contributed by atoms with Crippen LogP contribution in [0, 0.1) is 11.6 Å². The standard InChI is InChI=1S/C34H29F5N4O5S/c1-20(33(45,17-43-19-40-18-41-43)29-11-6-25(35)14-30(29)36)49-28-15-46-32(47-16-28)24-5-3-21-12-23(4-2-22(21)13-24)31(44)42-26-7-9-27(10-8-26)48-34(37,38)39/h2-14,18-20,28,32,45H,15-17H2,1H3,(H,42,44). The van der Waals surface area contributed by atoms with Crippen LogP contribution in [0.25, 0.3) is 10.8 Å². The molecule has 5 aromatic rings. The maximum absolute atomic E-state index is 14.9. The predicted octanol–water partition coefficient (Wildman–Crippen LogP) is 6.98. The smallest absolute Gasteiger partial charge is 0.406 e. The predicted molar refractivity (Wildman–Crippen MR) is 171 cm³/mol. The number of carbonyl (C=O) groups is 1. The lowest BCUT2D eigenvalue weighted by Crippen LogP contribution is -2.43. The molecule has 49 heavy (non-hydrogen) atoms. The first-order chi connectivity index (χ1) is 23.4. The number of nitrogens with one attached hydrogen (secondary N) is 1. The van der Waals surface area contributed by atoms with Gasteiger partial charge in [-0.15, -0.1) is 24.9 Å². The number of rotatable bonds is 10. The van der Waals surface area contributed by atoms with E-state index in [-0.39, 0.29) is 30.6 Å². The number of halogens is 5. The Morgan fingerprint density at radius 1 is 1.02 bits per heavy atom. The molecule has 1 amide bonds. The van der Waals surface area contributed by atoms with Gasteiger partial charge in [-0.25, -0.2) is 18.4 Å². The fourth-order valence-corrected chi connectivity index (χ4v) is 6.81. The quantitative estimate of drug-likeness (QED) is 0.150. The van der Waals surface area contributed by atoms with E-state index in [0.717, 1.165) is 40.6 Å². The van der Waals surface area contributed by atoms with Crippen molar-refractivity contribution in [3.63, 3.8) is 0 Å². The Labute approximate surface area is 281 Å². The maximum atomic E-state index is 14.9. The fourth-order valence-electron chi connectivity index (χ4n) is 5.49. The van der Waals surface area contributed by atoms with Crippen molar-refractivity contribution in [2.75, 3.05) is 18.5 Å². The highest BCUT2D eigenvalue weighted by Crippen LogP contribution is 2.40. The van der Waals surface area contributed by atoms with Gasteiger partial charge in [-0.3, -0.25) is 4.79 Å². The Bertz CT molecular complexity index is 1920. The molecule has 2 unspecified atom stereocenters. The number of amides is 1. The molecule has 1 saturated heterocycles. The minimum absolute atomic E-state index is 0.0645. The number of benzene rings is 4. The normalized spacial score (nSPS) is 18.5. The van der Waals surface area contributed by atoms with Crippen LogP contribution in [0.1, 0.15) is 34.7 Å². The van der Waals surface area contributed by atoms with Crippen LogP contribution >= 0.6 is 11.8 Å². The van der Waals surface area contributed by atoms with Crippen LogP contribution in [0.5, 0.6) is 5.75 Å². The molecular formula is C34H29F5N4O5S.